The molecule has 0 heterocycles. The van der Waals surface area contributed by atoms with Gasteiger partial charge in [-0.1, -0.05) is 27.7 Å². The van der Waals surface area contributed by atoms with Gasteiger partial charge in [-0.15, -0.1) is 0 Å². The number of hydrogen-bond donors (Lipinski definition) is 1. The summed E-state index contributed by atoms with van der Waals surface area (Å²) in [5, 5.41) is 10.5. The molecule has 1 aromatic carbocycles. The molecule has 6 atom stereocenters. The fraction of sp³-hybridized carbons (Fsp3) is 0.739. The van der Waals surface area contributed by atoms with Gasteiger partial charge < -0.3 is 14.6 Å². The SMILES string of the molecule is COc1ccc(OC)c(C[C@@]2(C)[C@@H]3CC[C@H](O)[C@H](C)[C@@]3(C)CC[C@@H]2C)c1. The molecule has 0 spiro atoms. The van der Waals surface area contributed by atoms with Crippen LogP contribution in [0.1, 0.15) is 58.9 Å². The fourth-order valence-electron chi connectivity index (χ4n) is 6.09. The first-order valence-corrected chi connectivity index (χ1v) is 10.1. The first-order chi connectivity index (χ1) is 12.3. The third kappa shape index (κ3) is 3.02. The van der Waals surface area contributed by atoms with E-state index in [1.807, 2.05) is 12.1 Å². The first kappa shape index (κ1) is 19.5. The first-order valence-electron chi connectivity index (χ1n) is 10.1. The summed E-state index contributed by atoms with van der Waals surface area (Å²) in [6.07, 6.45) is 5.35. The highest BCUT2D eigenvalue weighted by Crippen LogP contribution is 2.62. The highest BCUT2D eigenvalue weighted by atomic mass is 16.5. The predicted molar refractivity (Wildman–Crippen MR) is 106 cm³/mol. The van der Waals surface area contributed by atoms with Crippen molar-refractivity contribution < 1.29 is 14.6 Å². The monoisotopic (exact) mass is 360 g/mol. The third-order valence-electron chi connectivity index (χ3n) is 8.26. The van der Waals surface area contributed by atoms with Crippen molar-refractivity contribution in [2.75, 3.05) is 14.2 Å². The van der Waals surface area contributed by atoms with E-state index >= 15 is 0 Å². The lowest BCUT2D eigenvalue weighted by atomic mass is 9.44. The van der Waals surface area contributed by atoms with Gasteiger partial charge in [0, 0.05) is 0 Å². The molecular formula is C23H36O3. The van der Waals surface area contributed by atoms with Crippen LogP contribution in [0.15, 0.2) is 18.2 Å². The van der Waals surface area contributed by atoms with Gasteiger partial charge in [0.25, 0.3) is 0 Å². The standard InChI is InChI=1S/C23H36O3/c1-15-11-12-22(3)16(2)19(24)8-10-21(22)23(15,4)14-17-13-18(25-5)7-9-20(17)26-6/h7,9,13,15-16,19,21,24H,8,10-12,14H2,1-6H3/t15-,16-,19-,21+,22+,23+/m0/s1. The summed E-state index contributed by atoms with van der Waals surface area (Å²) in [5.74, 6) is 3.48. The van der Waals surface area contributed by atoms with Crippen LogP contribution in [0.4, 0.5) is 0 Å². The normalized spacial score (nSPS) is 40.0. The fourth-order valence-corrected chi connectivity index (χ4v) is 6.09. The van der Waals surface area contributed by atoms with E-state index in [2.05, 4.69) is 33.8 Å². The molecule has 0 amide bonds. The lowest BCUT2D eigenvalue weighted by Crippen LogP contribution is -2.56. The molecule has 3 heteroatoms. The Balaban J connectivity index is 1.99. The van der Waals surface area contributed by atoms with Gasteiger partial charge in [0.05, 0.1) is 20.3 Å². The van der Waals surface area contributed by atoms with E-state index in [1.54, 1.807) is 14.2 Å². The smallest absolute Gasteiger partial charge is 0.122 e. The Bertz CT molecular complexity index is 642. The summed E-state index contributed by atoms with van der Waals surface area (Å²) in [5.41, 5.74) is 1.65. The largest absolute Gasteiger partial charge is 0.497 e. The number of aliphatic hydroxyl groups excluding tert-OH is 1. The Morgan fingerprint density at radius 1 is 1.08 bits per heavy atom. The topological polar surface area (TPSA) is 38.7 Å². The molecule has 2 aliphatic rings. The second kappa shape index (κ2) is 7.07. The summed E-state index contributed by atoms with van der Waals surface area (Å²) < 4.78 is 11.1. The van der Waals surface area contributed by atoms with E-state index in [0.29, 0.717) is 17.8 Å². The van der Waals surface area contributed by atoms with Gasteiger partial charge in [0.1, 0.15) is 11.5 Å². The molecule has 0 aliphatic heterocycles. The number of rotatable bonds is 4. The molecule has 0 bridgehead atoms. The van der Waals surface area contributed by atoms with Crippen LogP contribution in [0, 0.1) is 28.6 Å². The Hall–Kier alpha value is -1.22. The molecule has 3 nitrogen and oxygen atoms in total. The molecule has 1 aromatic rings. The summed E-state index contributed by atoms with van der Waals surface area (Å²) in [6.45, 7) is 9.59. The van der Waals surface area contributed by atoms with Crippen LogP contribution in [0.25, 0.3) is 0 Å². The van der Waals surface area contributed by atoms with Crippen LogP contribution in [0.3, 0.4) is 0 Å². The van der Waals surface area contributed by atoms with Gasteiger partial charge in [-0.2, -0.15) is 0 Å². The molecular weight excluding hydrogens is 324 g/mol. The average molecular weight is 361 g/mol. The Kier molecular flexibility index (Phi) is 5.31. The van der Waals surface area contributed by atoms with Crippen molar-refractivity contribution in [1.82, 2.24) is 0 Å². The van der Waals surface area contributed by atoms with E-state index in [4.69, 9.17) is 9.47 Å². The Morgan fingerprint density at radius 2 is 1.81 bits per heavy atom. The van der Waals surface area contributed by atoms with E-state index in [-0.39, 0.29) is 16.9 Å². The summed E-state index contributed by atoms with van der Waals surface area (Å²) in [6, 6.07) is 6.14. The molecule has 26 heavy (non-hydrogen) atoms. The quantitative estimate of drug-likeness (QED) is 0.812. The van der Waals surface area contributed by atoms with Crippen molar-refractivity contribution >= 4 is 0 Å². The molecule has 0 radical (unpaired) electrons. The van der Waals surface area contributed by atoms with Crippen LogP contribution in [-0.4, -0.2) is 25.4 Å². The highest BCUT2D eigenvalue weighted by Gasteiger charge is 2.56. The average Bonchev–Trinajstić information content (AvgIpc) is 2.63. The van der Waals surface area contributed by atoms with Crippen molar-refractivity contribution in [3.8, 4) is 11.5 Å². The maximum absolute atomic E-state index is 10.5. The number of hydrogen-bond acceptors (Lipinski definition) is 3. The lowest BCUT2D eigenvalue weighted by molar-refractivity contribution is -0.141. The minimum atomic E-state index is -0.153. The number of ether oxygens (including phenoxy) is 2. The van der Waals surface area contributed by atoms with Crippen molar-refractivity contribution in [2.24, 2.45) is 28.6 Å². The zero-order chi connectivity index (χ0) is 19.1. The Labute approximate surface area is 159 Å². The van der Waals surface area contributed by atoms with Crippen LogP contribution < -0.4 is 9.47 Å². The van der Waals surface area contributed by atoms with Gasteiger partial charge in [-0.3, -0.25) is 0 Å². The number of fused-ring (bicyclic) bond motifs is 1. The molecule has 0 unspecified atom stereocenters. The zero-order valence-electron chi connectivity index (χ0n) is 17.3. The van der Waals surface area contributed by atoms with Crippen molar-refractivity contribution in [2.45, 2.75) is 65.9 Å². The maximum Gasteiger partial charge on any atom is 0.122 e. The molecule has 0 saturated heterocycles. The minimum absolute atomic E-state index is 0.153. The molecule has 146 valence electrons. The van der Waals surface area contributed by atoms with E-state index in [9.17, 15) is 5.11 Å². The zero-order valence-corrected chi connectivity index (χ0v) is 17.3. The summed E-state index contributed by atoms with van der Waals surface area (Å²) in [7, 11) is 3.47. The van der Waals surface area contributed by atoms with Gasteiger partial charge in [-0.05, 0) is 84.5 Å². The molecule has 1 N–H and O–H groups in total. The van der Waals surface area contributed by atoms with Crippen molar-refractivity contribution in [1.29, 1.82) is 0 Å². The number of methoxy groups -OCH3 is 2. The van der Waals surface area contributed by atoms with Crippen LogP contribution >= 0.6 is 0 Å². The van der Waals surface area contributed by atoms with Gasteiger partial charge in [-0.25, -0.2) is 0 Å². The van der Waals surface area contributed by atoms with Gasteiger partial charge >= 0.3 is 0 Å². The van der Waals surface area contributed by atoms with E-state index in [0.717, 1.165) is 30.8 Å². The third-order valence-corrected chi connectivity index (χ3v) is 8.26. The van der Waals surface area contributed by atoms with Crippen LogP contribution in [0.5, 0.6) is 11.5 Å². The van der Waals surface area contributed by atoms with E-state index < -0.39 is 0 Å². The molecule has 0 aromatic heterocycles. The lowest BCUT2D eigenvalue weighted by Gasteiger charge is -2.61. The maximum atomic E-state index is 10.5. The van der Waals surface area contributed by atoms with E-state index in [1.165, 1.54) is 18.4 Å². The van der Waals surface area contributed by atoms with Gasteiger partial charge in [0.15, 0.2) is 0 Å². The molecule has 2 aliphatic carbocycles. The number of aliphatic hydroxyl groups is 1. The van der Waals surface area contributed by atoms with Crippen LogP contribution in [0.2, 0.25) is 0 Å². The number of benzene rings is 1. The highest BCUT2D eigenvalue weighted by molar-refractivity contribution is 5.41. The van der Waals surface area contributed by atoms with Crippen molar-refractivity contribution in [3.05, 3.63) is 23.8 Å². The molecule has 2 fully saturated rings. The minimum Gasteiger partial charge on any atom is -0.497 e. The summed E-state index contributed by atoms with van der Waals surface area (Å²) >= 11 is 0. The molecule has 3 rings (SSSR count). The predicted octanol–water partition coefficient (Wildman–Crippen LogP) is 5.10. The van der Waals surface area contributed by atoms with Crippen molar-refractivity contribution in [3.63, 3.8) is 0 Å². The summed E-state index contributed by atoms with van der Waals surface area (Å²) in [4.78, 5) is 0. The van der Waals surface area contributed by atoms with Gasteiger partial charge in [0.2, 0.25) is 0 Å². The second-order valence-electron chi connectivity index (χ2n) is 9.29. The second-order valence-corrected chi connectivity index (χ2v) is 9.29. The Morgan fingerprint density at radius 3 is 2.46 bits per heavy atom. The van der Waals surface area contributed by atoms with Crippen LogP contribution in [-0.2, 0) is 6.42 Å². The molecule has 2 saturated carbocycles.